The molecule has 3 rings (SSSR count). The fourth-order valence-electron chi connectivity index (χ4n) is 4.57. The third kappa shape index (κ3) is 7.41. The van der Waals surface area contributed by atoms with E-state index in [1.54, 1.807) is 0 Å². The van der Waals surface area contributed by atoms with E-state index in [9.17, 15) is 0 Å². The second-order valence-electron chi connectivity index (χ2n) is 9.07. The van der Waals surface area contributed by atoms with Crippen LogP contribution in [0.2, 0.25) is 0 Å². The van der Waals surface area contributed by atoms with E-state index in [4.69, 9.17) is 4.74 Å². The molecule has 0 spiro atoms. The highest BCUT2D eigenvalue weighted by Gasteiger charge is 2.21. The van der Waals surface area contributed by atoms with Crippen LogP contribution in [0.15, 0.2) is 36.7 Å². The summed E-state index contributed by atoms with van der Waals surface area (Å²) in [6, 6.07) is 8.34. The van der Waals surface area contributed by atoms with Gasteiger partial charge in [0.05, 0.1) is 24.2 Å². The average Bonchev–Trinajstić information content (AvgIpc) is 2.79. The van der Waals surface area contributed by atoms with Gasteiger partial charge in [-0.3, -0.25) is 9.97 Å². The van der Waals surface area contributed by atoms with Gasteiger partial charge in [0, 0.05) is 11.8 Å². The van der Waals surface area contributed by atoms with Gasteiger partial charge in [0.1, 0.15) is 5.75 Å². The minimum absolute atomic E-state index is 0.721. The highest BCUT2D eigenvalue weighted by atomic mass is 16.5. The number of aromatic nitrogens is 2. The fraction of sp³-hybridized carbons (Fsp3) is 0.630. The molecule has 3 nitrogen and oxygen atoms in total. The Kier molecular flexibility index (Phi) is 9.66. The van der Waals surface area contributed by atoms with Gasteiger partial charge in [-0.05, 0) is 61.8 Å². The highest BCUT2D eigenvalue weighted by molar-refractivity contribution is 5.58. The van der Waals surface area contributed by atoms with Gasteiger partial charge >= 0.3 is 0 Å². The first kappa shape index (κ1) is 22.8. The molecule has 2 aromatic rings. The van der Waals surface area contributed by atoms with Crippen molar-refractivity contribution in [2.75, 3.05) is 6.61 Å². The number of aryl methyl sites for hydroxylation is 1. The second-order valence-corrected chi connectivity index (χ2v) is 9.07. The predicted molar refractivity (Wildman–Crippen MR) is 126 cm³/mol. The van der Waals surface area contributed by atoms with Crippen LogP contribution in [0.5, 0.6) is 5.75 Å². The Hall–Kier alpha value is -1.90. The minimum Gasteiger partial charge on any atom is -0.493 e. The normalized spacial score (nSPS) is 19.0. The van der Waals surface area contributed by atoms with E-state index in [-0.39, 0.29) is 0 Å². The van der Waals surface area contributed by atoms with E-state index in [2.05, 4.69) is 48.1 Å². The molecule has 0 amide bonds. The molecule has 1 aliphatic carbocycles. The summed E-state index contributed by atoms with van der Waals surface area (Å²) >= 11 is 0. The number of ether oxygens (including phenoxy) is 1. The first-order valence-corrected chi connectivity index (χ1v) is 12.3. The summed E-state index contributed by atoms with van der Waals surface area (Å²) in [7, 11) is 0. The maximum atomic E-state index is 6.09. The Labute approximate surface area is 183 Å². The monoisotopic (exact) mass is 408 g/mol. The van der Waals surface area contributed by atoms with E-state index in [1.165, 1.54) is 70.6 Å². The quantitative estimate of drug-likeness (QED) is 0.338. The zero-order chi connectivity index (χ0) is 21.0. The average molecular weight is 409 g/mol. The smallest absolute Gasteiger partial charge is 0.119 e. The molecule has 0 unspecified atom stereocenters. The second kappa shape index (κ2) is 12.7. The van der Waals surface area contributed by atoms with Crippen LogP contribution >= 0.6 is 0 Å². The van der Waals surface area contributed by atoms with Crippen LogP contribution < -0.4 is 4.74 Å². The van der Waals surface area contributed by atoms with Gasteiger partial charge < -0.3 is 4.74 Å². The zero-order valence-corrected chi connectivity index (χ0v) is 19.1. The van der Waals surface area contributed by atoms with Crippen molar-refractivity contribution < 1.29 is 4.74 Å². The van der Waals surface area contributed by atoms with Gasteiger partial charge in [0.2, 0.25) is 0 Å². The van der Waals surface area contributed by atoms with Crippen LogP contribution in [-0.4, -0.2) is 16.6 Å². The van der Waals surface area contributed by atoms with Crippen LogP contribution in [0, 0.1) is 11.8 Å². The van der Waals surface area contributed by atoms with Crippen molar-refractivity contribution in [1.29, 1.82) is 0 Å². The number of hydrogen-bond donors (Lipinski definition) is 0. The maximum absolute atomic E-state index is 6.09. The predicted octanol–water partition coefficient (Wildman–Crippen LogP) is 7.64. The van der Waals surface area contributed by atoms with Gasteiger partial charge in [0.15, 0.2) is 0 Å². The summed E-state index contributed by atoms with van der Waals surface area (Å²) in [6.45, 7) is 5.40. The third-order valence-corrected chi connectivity index (χ3v) is 6.54. The maximum Gasteiger partial charge on any atom is 0.119 e. The number of nitrogens with zero attached hydrogens (tertiary/aromatic N) is 2. The minimum atomic E-state index is 0.721. The van der Waals surface area contributed by atoms with Crippen LogP contribution in [-0.2, 0) is 6.42 Å². The van der Waals surface area contributed by atoms with Crippen molar-refractivity contribution >= 4 is 0 Å². The lowest BCUT2D eigenvalue weighted by Gasteiger charge is -2.28. The summed E-state index contributed by atoms with van der Waals surface area (Å²) < 4.78 is 6.09. The van der Waals surface area contributed by atoms with Crippen molar-refractivity contribution in [2.24, 2.45) is 11.8 Å². The third-order valence-electron chi connectivity index (χ3n) is 6.54. The first-order valence-electron chi connectivity index (χ1n) is 12.3. The van der Waals surface area contributed by atoms with Crippen molar-refractivity contribution in [1.82, 2.24) is 9.97 Å². The lowest BCUT2D eigenvalue weighted by atomic mass is 9.80. The molecule has 1 heterocycles. The summed E-state index contributed by atoms with van der Waals surface area (Å²) in [5, 5.41) is 0. The molecule has 30 heavy (non-hydrogen) atoms. The molecule has 0 saturated heterocycles. The van der Waals surface area contributed by atoms with Crippen molar-refractivity contribution in [3.63, 3.8) is 0 Å². The summed E-state index contributed by atoms with van der Waals surface area (Å²) in [5.74, 6) is 2.64. The Morgan fingerprint density at radius 1 is 0.800 bits per heavy atom. The highest BCUT2D eigenvalue weighted by Crippen LogP contribution is 2.32. The van der Waals surface area contributed by atoms with Crippen LogP contribution in [0.4, 0.5) is 0 Å². The number of rotatable bonds is 12. The molecule has 1 aromatic carbocycles. The molecule has 0 bridgehead atoms. The van der Waals surface area contributed by atoms with Crippen molar-refractivity contribution in [3.8, 4) is 17.0 Å². The van der Waals surface area contributed by atoms with Crippen molar-refractivity contribution in [2.45, 2.75) is 90.9 Å². The Bertz CT molecular complexity index is 703. The van der Waals surface area contributed by atoms with E-state index < -0.39 is 0 Å². The summed E-state index contributed by atoms with van der Waals surface area (Å²) in [4.78, 5) is 9.25. The van der Waals surface area contributed by atoms with Gasteiger partial charge in [-0.15, -0.1) is 0 Å². The molecule has 0 aliphatic heterocycles. The van der Waals surface area contributed by atoms with Crippen LogP contribution in [0.1, 0.15) is 90.2 Å². The molecule has 164 valence electrons. The Morgan fingerprint density at radius 2 is 1.53 bits per heavy atom. The van der Waals surface area contributed by atoms with Gasteiger partial charge in [-0.25, -0.2) is 0 Å². The molecule has 3 heteroatoms. The largest absolute Gasteiger partial charge is 0.493 e. The van der Waals surface area contributed by atoms with Gasteiger partial charge in [0.25, 0.3) is 0 Å². The summed E-state index contributed by atoms with van der Waals surface area (Å²) in [6.07, 6.45) is 19.5. The van der Waals surface area contributed by atoms with E-state index in [0.29, 0.717) is 0 Å². The molecule has 1 saturated carbocycles. The van der Waals surface area contributed by atoms with Crippen molar-refractivity contribution in [3.05, 3.63) is 42.4 Å². The van der Waals surface area contributed by atoms with Crippen LogP contribution in [0.25, 0.3) is 11.3 Å². The van der Waals surface area contributed by atoms with Gasteiger partial charge in [-0.1, -0.05) is 65.2 Å². The Balaban J connectivity index is 1.42. The molecule has 1 fully saturated rings. The first-order chi connectivity index (χ1) is 14.8. The fourth-order valence-corrected chi connectivity index (χ4v) is 4.57. The lowest BCUT2D eigenvalue weighted by molar-refractivity contribution is 0.178. The number of hydrogen-bond acceptors (Lipinski definition) is 3. The zero-order valence-electron chi connectivity index (χ0n) is 19.1. The molecule has 0 atom stereocenters. The topological polar surface area (TPSA) is 35.0 Å². The molecule has 0 N–H and O–H groups in total. The van der Waals surface area contributed by atoms with E-state index >= 15 is 0 Å². The summed E-state index contributed by atoms with van der Waals surface area (Å²) in [5.41, 5.74) is 3.14. The SMILES string of the molecule is CCCCCCCc1cnc(-c2ccc(OCC3CCC(CCC)CC3)cc2)cn1. The molecule has 0 radical (unpaired) electrons. The standard InChI is InChI=1S/C27H40N2O/c1-3-5-6-7-8-10-25-19-29-27(20-28-25)24-15-17-26(18-16-24)30-21-23-13-11-22(9-4-2)12-14-23/h15-20,22-23H,3-14,21H2,1-2H3. The van der Waals surface area contributed by atoms with Gasteiger partial charge in [-0.2, -0.15) is 0 Å². The molecular weight excluding hydrogens is 368 g/mol. The number of unbranched alkanes of at least 4 members (excludes halogenated alkanes) is 4. The molecular formula is C27H40N2O. The lowest BCUT2D eigenvalue weighted by Crippen LogP contribution is -2.20. The van der Waals surface area contributed by atoms with E-state index in [1.807, 2.05) is 12.4 Å². The van der Waals surface area contributed by atoms with E-state index in [0.717, 1.165) is 47.6 Å². The van der Waals surface area contributed by atoms with Crippen LogP contribution in [0.3, 0.4) is 0 Å². The molecule has 1 aliphatic rings. The Morgan fingerprint density at radius 3 is 2.20 bits per heavy atom. The number of benzene rings is 1. The molecule has 1 aromatic heterocycles.